The maximum atomic E-state index is 12.6. The van der Waals surface area contributed by atoms with Crippen molar-refractivity contribution in [2.24, 2.45) is 0 Å². The van der Waals surface area contributed by atoms with Crippen molar-refractivity contribution >= 4 is 28.4 Å². The van der Waals surface area contributed by atoms with Crippen LogP contribution in [0.15, 0.2) is 54.7 Å². The fraction of sp³-hybridized carbons (Fsp3) is 0.304. The van der Waals surface area contributed by atoms with Crippen LogP contribution < -0.4 is 10.2 Å². The second-order valence-corrected chi connectivity index (χ2v) is 7.24. The van der Waals surface area contributed by atoms with E-state index in [4.69, 9.17) is 0 Å². The van der Waals surface area contributed by atoms with Gasteiger partial charge in [-0.25, -0.2) is 0 Å². The first-order valence-electron chi connectivity index (χ1n) is 9.92. The minimum absolute atomic E-state index is 0.0166. The summed E-state index contributed by atoms with van der Waals surface area (Å²) in [6.45, 7) is 1.13. The van der Waals surface area contributed by atoms with Crippen LogP contribution in [0.2, 0.25) is 0 Å². The summed E-state index contributed by atoms with van der Waals surface area (Å²) in [5.41, 5.74) is 4.48. The molecule has 2 N–H and O–H groups in total. The van der Waals surface area contributed by atoms with Gasteiger partial charge in [0.15, 0.2) is 0 Å². The van der Waals surface area contributed by atoms with Gasteiger partial charge in [-0.05, 0) is 42.5 Å². The first kappa shape index (κ1) is 18.3. The van der Waals surface area contributed by atoms with E-state index in [1.807, 2.05) is 47.5 Å². The third-order valence-corrected chi connectivity index (χ3v) is 5.37. The molecule has 3 aromatic rings. The zero-order chi connectivity index (χ0) is 19.3. The van der Waals surface area contributed by atoms with E-state index in [-0.39, 0.29) is 11.8 Å². The van der Waals surface area contributed by atoms with Gasteiger partial charge in [0.25, 0.3) is 0 Å². The van der Waals surface area contributed by atoms with Crippen LogP contribution >= 0.6 is 0 Å². The molecule has 1 aliphatic rings. The number of benzene rings is 2. The number of aromatic nitrogens is 1. The number of nitrogens with one attached hydrogen (secondary N) is 2. The Balaban J connectivity index is 1.25. The third kappa shape index (κ3) is 3.93. The molecule has 0 atom stereocenters. The number of hydrogen-bond donors (Lipinski definition) is 2. The van der Waals surface area contributed by atoms with Crippen LogP contribution in [0.3, 0.4) is 0 Å². The highest BCUT2D eigenvalue weighted by Gasteiger charge is 2.21. The average molecular weight is 375 g/mol. The van der Waals surface area contributed by atoms with E-state index in [0.29, 0.717) is 25.8 Å². The molecule has 2 aromatic carbocycles. The van der Waals surface area contributed by atoms with Crippen LogP contribution in [0.5, 0.6) is 0 Å². The average Bonchev–Trinajstić information content (AvgIpc) is 3.15. The van der Waals surface area contributed by atoms with E-state index in [1.54, 1.807) is 0 Å². The molecule has 0 saturated heterocycles. The molecule has 2 amide bonds. The molecule has 0 bridgehead atoms. The summed E-state index contributed by atoms with van der Waals surface area (Å²) in [6.07, 6.45) is 5.40. The van der Waals surface area contributed by atoms with Gasteiger partial charge in [0.2, 0.25) is 11.8 Å². The molecule has 0 aliphatic carbocycles. The lowest BCUT2D eigenvalue weighted by atomic mass is 10.0. The van der Waals surface area contributed by atoms with Crippen LogP contribution in [0.25, 0.3) is 10.9 Å². The Morgan fingerprint density at radius 2 is 1.86 bits per heavy atom. The summed E-state index contributed by atoms with van der Waals surface area (Å²) in [5, 5.41) is 4.05. The van der Waals surface area contributed by atoms with Gasteiger partial charge in [0, 0.05) is 48.7 Å². The van der Waals surface area contributed by atoms with E-state index >= 15 is 0 Å². The summed E-state index contributed by atoms with van der Waals surface area (Å²) < 4.78 is 0. The number of H-pyrrole nitrogens is 1. The Kier molecular flexibility index (Phi) is 5.42. The summed E-state index contributed by atoms with van der Waals surface area (Å²) >= 11 is 0. The van der Waals surface area contributed by atoms with Crippen molar-refractivity contribution in [1.82, 2.24) is 10.3 Å². The molecule has 28 heavy (non-hydrogen) atoms. The van der Waals surface area contributed by atoms with Gasteiger partial charge in [-0.3, -0.25) is 9.59 Å². The molecule has 5 heteroatoms. The van der Waals surface area contributed by atoms with Gasteiger partial charge < -0.3 is 15.2 Å². The molecule has 0 fully saturated rings. The molecule has 1 aromatic heterocycles. The lowest BCUT2D eigenvalue weighted by Crippen LogP contribution is -2.37. The Morgan fingerprint density at radius 1 is 1.04 bits per heavy atom. The van der Waals surface area contributed by atoms with E-state index in [2.05, 4.69) is 22.4 Å². The Hall–Kier alpha value is -3.08. The topological polar surface area (TPSA) is 65.2 Å². The maximum absolute atomic E-state index is 12.6. The van der Waals surface area contributed by atoms with Crippen LogP contribution in [0, 0.1) is 0 Å². The highest BCUT2D eigenvalue weighted by atomic mass is 16.2. The zero-order valence-electron chi connectivity index (χ0n) is 15.9. The van der Waals surface area contributed by atoms with Gasteiger partial charge in [0.1, 0.15) is 0 Å². The Bertz CT molecular complexity index is 992. The van der Waals surface area contributed by atoms with Crippen LogP contribution in [0.4, 0.5) is 5.69 Å². The smallest absolute Gasteiger partial charge is 0.228 e. The first-order valence-corrected chi connectivity index (χ1v) is 9.92. The van der Waals surface area contributed by atoms with Crippen molar-refractivity contribution in [2.45, 2.75) is 32.1 Å². The van der Waals surface area contributed by atoms with Gasteiger partial charge >= 0.3 is 0 Å². The lowest BCUT2D eigenvalue weighted by Gasteiger charge is -2.29. The van der Waals surface area contributed by atoms with Gasteiger partial charge in [0.05, 0.1) is 0 Å². The largest absolute Gasteiger partial charge is 0.361 e. The maximum Gasteiger partial charge on any atom is 0.228 e. The van der Waals surface area contributed by atoms with Crippen LogP contribution in [0.1, 0.15) is 30.4 Å². The summed E-state index contributed by atoms with van der Waals surface area (Å²) in [7, 11) is 0. The summed E-state index contributed by atoms with van der Waals surface area (Å²) in [5.74, 6) is 0.0567. The van der Waals surface area contributed by atoms with Gasteiger partial charge in [-0.1, -0.05) is 36.4 Å². The van der Waals surface area contributed by atoms with Crippen molar-refractivity contribution in [2.75, 3.05) is 18.0 Å². The van der Waals surface area contributed by atoms with Crippen molar-refractivity contribution in [1.29, 1.82) is 0 Å². The number of amides is 2. The number of hydrogen-bond acceptors (Lipinski definition) is 2. The predicted molar refractivity (Wildman–Crippen MR) is 111 cm³/mol. The number of carbonyl (C=O) groups excluding carboxylic acids is 2. The molecule has 0 radical (unpaired) electrons. The molecule has 4 rings (SSSR count). The molecule has 2 heterocycles. The number of aryl methyl sites for hydroxylation is 2. The van der Waals surface area contributed by atoms with E-state index in [9.17, 15) is 9.59 Å². The molecule has 0 spiro atoms. The van der Waals surface area contributed by atoms with Crippen molar-refractivity contribution in [3.8, 4) is 0 Å². The highest BCUT2D eigenvalue weighted by molar-refractivity contribution is 5.95. The number of fused-ring (bicyclic) bond motifs is 2. The second kappa shape index (κ2) is 8.30. The molecule has 5 nitrogen and oxygen atoms in total. The third-order valence-electron chi connectivity index (χ3n) is 5.37. The highest BCUT2D eigenvalue weighted by Crippen LogP contribution is 2.27. The number of carbonyl (C=O) groups is 2. The molecular formula is C23H25N3O2. The molecular weight excluding hydrogens is 350 g/mol. The van der Waals surface area contributed by atoms with Gasteiger partial charge in [-0.15, -0.1) is 0 Å². The standard InChI is InChI=1S/C23H25N3O2/c27-22(12-11-18-16-25-20-9-3-2-8-19(18)20)24-14-13-23(28)26-15-5-7-17-6-1-4-10-21(17)26/h1-4,6,8-10,16,25H,5,7,11-15H2,(H,24,27). The number of nitrogens with zero attached hydrogens (tertiary/aromatic N) is 1. The van der Waals surface area contributed by atoms with E-state index in [1.165, 1.54) is 5.56 Å². The van der Waals surface area contributed by atoms with Gasteiger partial charge in [-0.2, -0.15) is 0 Å². The molecule has 144 valence electrons. The lowest BCUT2D eigenvalue weighted by molar-refractivity contribution is -0.121. The fourth-order valence-corrected chi connectivity index (χ4v) is 3.91. The van der Waals surface area contributed by atoms with Crippen molar-refractivity contribution < 1.29 is 9.59 Å². The van der Waals surface area contributed by atoms with Crippen LogP contribution in [-0.4, -0.2) is 29.9 Å². The van der Waals surface area contributed by atoms with Crippen molar-refractivity contribution in [3.63, 3.8) is 0 Å². The molecule has 0 unspecified atom stereocenters. The van der Waals surface area contributed by atoms with Crippen molar-refractivity contribution in [3.05, 3.63) is 65.9 Å². The fourth-order valence-electron chi connectivity index (χ4n) is 3.91. The quantitative estimate of drug-likeness (QED) is 0.692. The van der Waals surface area contributed by atoms with E-state index in [0.717, 1.165) is 41.5 Å². The second-order valence-electron chi connectivity index (χ2n) is 7.24. The summed E-state index contributed by atoms with van der Waals surface area (Å²) in [6, 6.07) is 16.2. The molecule has 0 saturated carbocycles. The Morgan fingerprint density at radius 3 is 2.79 bits per heavy atom. The SMILES string of the molecule is O=C(CCc1c[nH]c2ccccc12)NCCC(=O)N1CCCc2ccccc21. The number of para-hydroxylation sites is 2. The normalized spacial score (nSPS) is 13.4. The van der Waals surface area contributed by atoms with Crippen LogP contribution in [-0.2, 0) is 22.4 Å². The first-order chi connectivity index (χ1) is 13.7. The number of anilines is 1. The number of rotatable bonds is 6. The van der Waals surface area contributed by atoms with E-state index < -0.39 is 0 Å². The number of aromatic amines is 1. The minimum Gasteiger partial charge on any atom is -0.361 e. The molecule has 1 aliphatic heterocycles. The summed E-state index contributed by atoms with van der Waals surface area (Å²) in [4.78, 5) is 29.9. The zero-order valence-corrected chi connectivity index (χ0v) is 15.9. The Labute approximate surface area is 164 Å². The predicted octanol–water partition coefficient (Wildman–Crippen LogP) is 3.59. The monoisotopic (exact) mass is 375 g/mol. The minimum atomic E-state index is -0.0166.